The van der Waals surface area contributed by atoms with Gasteiger partial charge in [0.1, 0.15) is 0 Å². The van der Waals surface area contributed by atoms with Crippen LogP contribution in [0, 0.1) is 6.92 Å². The molecule has 0 radical (unpaired) electrons. The Morgan fingerprint density at radius 1 is 1.06 bits per heavy atom. The average Bonchev–Trinajstić information content (AvgIpc) is 3.50. The summed E-state index contributed by atoms with van der Waals surface area (Å²) in [7, 11) is 0. The summed E-state index contributed by atoms with van der Waals surface area (Å²) >= 11 is 6.31. The molecule has 0 aliphatic carbocycles. The van der Waals surface area contributed by atoms with Gasteiger partial charge in [0.2, 0.25) is 0 Å². The number of halogens is 1. The molecule has 0 unspecified atom stereocenters. The van der Waals surface area contributed by atoms with E-state index in [0.29, 0.717) is 22.0 Å². The summed E-state index contributed by atoms with van der Waals surface area (Å²) in [5.74, 6) is -0.517. The third kappa shape index (κ3) is 3.93. The number of carbonyl (C=O) groups excluding carboxylic acids is 2. The Bertz CT molecular complexity index is 1370. The molecule has 33 heavy (non-hydrogen) atoms. The van der Waals surface area contributed by atoms with Crippen LogP contribution in [0.25, 0.3) is 16.6 Å². The molecule has 2 aromatic heterocycles. The monoisotopic (exact) mass is 460 g/mol. The Morgan fingerprint density at radius 3 is 2.70 bits per heavy atom. The molecular formula is C24H21ClN6O2. The van der Waals surface area contributed by atoms with Crippen LogP contribution in [0.5, 0.6) is 0 Å². The zero-order valence-corrected chi connectivity index (χ0v) is 18.7. The van der Waals surface area contributed by atoms with E-state index >= 15 is 0 Å². The highest BCUT2D eigenvalue weighted by atomic mass is 35.5. The molecule has 0 spiro atoms. The van der Waals surface area contributed by atoms with E-state index in [4.69, 9.17) is 11.6 Å². The maximum atomic E-state index is 13.0. The summed E-state index contributed by atoms with van der Waals surface area (Å²) in [6.07, 6.45) is 3.74. The molecule has 1 fully saturated rings. The third-order valence-electron chi connectivity index (χ3n) is 5.82. The van der Waals surface area contributed by atoms with Gasteiger partial charge in [0.05, 0.1) is 27.6 Å². The van der Waals surface area contributed by atoms with Gasteiger partial charge in [0.25, 0.3) is 11.8 Å². The van der Waals surface area contributed by atoms with Gasteiger partial charge in [-0.3, -0.25) is 14.6 Å². The fourth-order valence-electron chi connectivity index (χ4n) is 4.08. The van der Waals surface area contributed by atoms with Crippen LogP contribution >= 0.6 is 11.6 Å². The first kappa shape index (κ1) is 21.1. The first-order chi connectivity index (χ1) is 16.0. The number of benzene rings is 2. The molecule has 2 aromatic carbocycles. The maximum absolute atomic E-state index is 13.0. The van der Waals surface area contributed by atoms with Crippen LogP contribution in [-0.2, 0) is 0 Å². The summed E-state index contributed by atoms with van der Waals surface area (Å²) in [6.45, 7) is 3.27. The molecular weight excluding hydrogens is 440 g/mol. The number of fused-ring (bicyclic) bond motifs is 1. The number of hydrogen-bond acceptors (Lipinski definition) is 5. The second-order valence-electron chi connectivity index (χ2n) is 7.93. The predicted octanol–water partition coefficient (Wildman–Crippen LogP) is 4.27. The van der Waals surface area contributed by atoms with E-state index < -0.39 is 5.91 Å². The summed E-state index contributed by atoms with van der Waals surface area (Å²) in [4.78, 5) is 31.9. The number of rotatable bonds is 4. The van der Waals surface area contributed by atoms with Gasteiger partial charge in [0, 0.05) is 30.2 Å². The lowest BCUT2D eigenvalue weighted by Crippen LogP contribution is -2.27. The second kappa shape index (κ2) is 8.63. The largest absolute Gasteiger partial charge is 0.339 e. The number of nitrogens with one attached hydrogen (secondary N) is 1. The normalized spacial score (nSPS) is 13.5. The Morgan fingerprint density at radius 2 is 1.88 bits per heavy atom. The Balaban J connectivity index is 1.43. The van der Waals surface area contributed by atoms with Crippen LogP contribution < -0.4 is 5.32 Å². The molecule has 0 saturated carbocycles. The number of hydrogen-bond donors (Lipinski definition) is 1. The Kier molecular flexibility index (Phi) is 5.51. The van der Waals surface area contributed by atoms with Gasteiger partial charge >= 0.3 is 0 Å². The fourth-order valence-corrected chi connectivity index (χ4v) is 4.24. The number of aromatic nitrogens is 4. The van der Waals surface area contributed by atoms with Crippen molar-refractivity contribution in [2.45, 2.75) is 19.8 Å². The van der Waals surface area contributed by atoms with Crippen molar-refractivity contribution >= 4 is 40.0 Å². The zero-order chi connectivity index (χ0) is 22.9. The topological polar surface area (TPSA) is 93.0 Å². The predicted molar refractivity (Wildman–Crippen MR) is 126 cm³/mol. The molecule has 1 saturated heterocycles. The lowest BCUT2D eigenvalue weighted by atomic mass is 10.1. The molecule has 166 valence electrons. The number of likely N-dealkylation sites (tertiary alicyclic amines) is 1. The summed E-state index contributed by atoms with van der Waals surface area (Å²) in [5.41, 5.74) is 3.19. The van der Waals surface area contributed by atoms with Crippen LogP contribution in [0.4, 0.5) is 5.69 Å². The number of amides is 2. The third-order valence-corrected chi connectivity index (χ3v) is 6.14. The molecule has 2 amide bonds. The van der Waals surface area contributed by atoms with Crippen LogP contribution in [0.2, 0.25) is 5.02 Å². The lowest BCUT2D eigenvalue weighted by molar-refractivity contribution is 0.0792. The van der Waals surface area contributed by atoms with Crippen LogP contribution in [-0.4, -0.2) is 49.8 Å². The average molecular weight is 461 g/mol. The Labute approximate surface area is 195 Å². The molecule has 5 rings (SSSR count). The first-order valence-electron chi connectivity index (χ1n) is 10.7. The van der Waals surface area contributed by atoms with E-state index in [1.165, 1.54) is 0 Å². The van der Waals surface area contributed by atoms with Crippen molar-refractivity contribution in [3.05, 3.63) is 76.7 Å². The maximum Gasteiger partial charge on any atom is 0.278 e. The zero-order valence-electron chi connectivity index (χ0n) is 18.0. The van der Waals surface area contributed by atoms with E-state index in [-0.39, 0.29) is 11.6 Å². The molecule has 0 bridgehead atoms. The van der Waals surface area contributed by atoms with Gasteiger partial charge in [0.15, 0.2) is 5.69 Å². The van der Waals surface area contributed by atoms with Crippen molar-refractivity contribution in [1.29, 1.82) is 0 Å². The van der Waals surface area contributed by atoms with E-state index in [9.17, 15) is 9.59 Å². The van der Waals surface area contributed by atoms with E-state index in [1.807, 2.05) is 35.2 Å². The van der Waals surface area contributed by atoms with Gasteiger partial charge in [-0.15, -0.1) is 5.10 Å². The van der Waals surface area contributed by atoms with Crippen LogP contribution in [0.3, 0.4) is 0 Å². The summed E-state index contributed by atoms with van der Waals surface area (Å²) in [6, 6.07) is 14.4. The summed E-state index contributed by atoms with van der Waals surface area (Å²) in [5, 5.41) is 12.3. The van der Waals surface area contributed by atoms with Crippen molar-refractivity contribution in [2.75, 3.05) is 18.4 Å². The number of carbonyl (C=O) groups is 2. The van der Waals surface area contributed by atoms with E-state index in [0.717, 1.165) is 42.5 Å². The van der Waals surface area contributed by atoms with E-state index in [1.54, 1.807) is 36.0 Å². The minimum atomic E-state index is -0.454. The van der Waals surface area contributed by atoms with Gasteiger partial charge in [-0.05, 0) is 62.2 Å². The summed E-state index contributed by atoms with van der Waals surface area (Å²) < 4.78 is 1.62. The quantitative estimate of drug-likeness (QED) is 0.491. The minimum absolute atomic E-state index is 0.0636. The standard InChI is InChI=1S/C24H21ClN6O2/c1-15-22(28-29-31(15)21-8-4-7-19-17(21)6-5-11-26-19)23(32)27-20-14-16(9-10-18(20)25)24(33)30-12-2-3-13-30/h4-11,14H,2-3,12-13H2,1H3,(H,27,32). The Hall–Kier alpha value is -3.78. The number of nitrogens with zero attached hydrogens (tertiary/aromatic N) is 5. The van der Waals surface area contributed by atoms with Crippen LogP contribution in [0.15, 0.2) is 54.7 Å². The van der Waals surface area contributed by atoms with Crippen molar-refractivity contribution in [3.8, 4) is 5.69 Å². The van der Waals surface area contributed by atoms with E-state index in [2.05, 4.69) is 20.6 Å². The molecule has 9 heteroatoms. The molecule has 3 heterocycles. The van der Waals surface area contributed by atoms with Gasteiger partial charge in [-0.25, -0.2) is 4.68 Å². The van der Waals surface area contributed by atoms with Crippen molar-refractivity contribution < 1.29 is 9.59 Å². The molecule has 1 N–H and O–H groups in total. The molecule has 1 aliphatic rings. The SMILES string of the molecule is Cc1c(C(=O)Nc2cc(C(=O)N3CCCC3)ccc2Cl)nnn1-c1cccc2ncccc12. The second-order valence-corrected chi connectivity index (χ2v) is 8.34. The number of pyridine rings is 1. The van der Waals surface area contributed by atoms with Gasteiger partial charge < -0.3 is 10.2 Å². The van der Waals surface area contributed by atoms with Crippen LogP contribution in [0.1, 0.15) is 39.4 Å². The molecule has 8 nitrogen and oxygen atoms in total. The van der Waals surface area contributed by atoms with Crippen molar-refractivity contribution in [2.24, 2.45) is 0 Å². The first-order valence-corrected chi connectivity index (χ1v) is 11.1. The highest BCUT2D eigenvalue weighted by Crippen LogP contribution is 2.26. The fraction of sp³-hybridized carbons (Fsp3) is 0.208. The molecule has 0 atom stereocenters. The smallest absolute Gasteiger partial charge is 0.278 e. The molecule has 1 aliphatic heterocycles. The molecule has 4 aromatic rings. The number of anilines is 1. The van der Waals surface area contributed by atoms with Gasteiger partial charge in [-0.1, -0.05) is 22.9 Å². The minimum Gasteiger partial charge on any atom is -0.339 e. The van der Waals surface area contributed by atoms with Crippen molar-refractivity contribution in [3.63, 3.8) is 0 Å². The lowest BCUT2D eigenvalue weighted by Gasteiger charge is -2.16. The highest BCUT2D eigenvalue weighted by molar-refractivity contribution is 6.34. The van der Waals surface area contributed by atoms with Gasteiger partial charge in [-0.2, -0.15) is 0 Å². The van der Waals surface area contributed by atoms with Crippen molar-refractivity contribution in [1.82, 2.24) is 24.9 Å². The highest BCUT2D eigenvalue weighted by Gasteiger charge is 2.22.